The molecule has 1 aliphatic heterocycles. The minimum atomic E-state index is -0.0827. The van der Waals surface area contributed by atoms with Crippen LogP contribution in [0.3, 0.4) is 0 Å². The van der Waals surface area contributed by atoms with Crippen LogP contribution in [0, 0.1) is 0 Å². The Morgan fingerprint density at radius 3 is 3.00 bits per heavy atom. The van der Waals surface area contributed by atoms with Crippen LogP contribution in [0.25, 0.3) is 0 Å². The first-order valence-corrected chi connectivity index (χ1v) is 7.25. The Morgan fingerprint density at radius 1 is 1.68 bits per heavy atom. The summed E-state index contributed by atoms with van der Waals surface area (Å²) in [5, 5.41) is 4.91. The Balaban J connectivity index is 2.17. The number of carbonyl (C=O) groups excluding carboxylic acids is 1. The zero-order valence-corrected chi connectivity index (χ0v) is 12.9. The zero-order valence-electron chi connectivity index (χ0n) is 11.3. The summed E-state index contributed by atoms with van der Waals surface area (Å²) < 4.78 is 12.3. The molecule has 1 aromatic rings. The zero-order chi connectivity index (χ0) is 14.0. The monoisotopic (exact) mass is 331 g/mol. The Bertz CT molecular complexity index is 463. The van der Waals surface area contributed by atoms with Crippen LogP contribution >= 0.6 is 15.9 Å². The van der Waals surface area contributed by atoms with Crippen LogP contribution in [0.2, 0.25) is 0 Å². The lowest BCUT2D eigenvalue weighted by Gasteiger charge is -2.37. The molecule has 1 aliphatic rings. The van der Waals surface area contributed by atoms with Gasteiger partial charge in [-0.05, 0) is 6.92 Å². The van der Waals surface area contributed by atoms with Gasteiger partial charge in [0.1, 0.15) is 0 Å². The number of methoxy groups -OCH3 is 1. The molecule has 1 fully saturated rings. The molecular weight excluding hydrogens is 314 g/mol. The summed E-state index contributed by atoms with van der Waals surface area (Å²) in [4.78, 5) is 14.3. The number of alkyl halides is 1. The third kappa shape index (κ3) is 2.92. The van der Waals surface area contributed by atoms with E-state index in [0.29, 0.717) is 24.7 Å². The lowest BCUT2D eigenvalue weighted by molar-refractivity contribution is -0.0363. The number of morpholine rings is 1. The van der Waals surface area contributed by atoms with Gasteiger partial charge in [0.15, 0.2) is 5.69 Å². The number of rotatable bonds is 3. The van der Waals surface area contributed by atoms with E-state index >= 15 is 0 Å². The van der Waals surface area contributed by atoms with E-state index in [4.69, 9.17) is 9.47 Å². The van der Waals surface area contributed by atoms with Crippen LogP contribution in [0.4, 0.5) is 0 Å². The summed E-state index contributed by atoms with van der Waals surface area (Å²) in [6.07, 6.45) is 0.0331. The first-order valence-electron chi connectivity index (χ1n) is 6.13. The molecule has 0 saturated carbocycles. The maximum absolute atomic E-state index is 12.5. The van der Waals surface area contributed by atoms with E-state index in [0.717, 1.165) is 5.33 Å². The first kappa shape index (κ1) is 14.3. The predicted molar refractivity (Wildman–Crippen MR) is 73.8 cm³/mol. The average molecular weight is 332 g/mol. The van der Waals surface area contributed by atoms with Gasteiger partial charge in [-0.2, -0.15) is 5.10 Å². The molecule has 2 unspecified atom stereocenters. The molecule has 0 spiro atoms. The van der Waals surface area contributed by atoms with E-state index in [2.05, 4.69) is 21.0 Å². The molecule has 2 atom stereocenters. The van der Waals surface area contributed by atoms with Gasteiger partial charge in [-0.15, -0.1) is 0 Å². The van der Waals surface area contributed by atoms with E-state index in [1.54, 1.807) is 29.8 Å². The molecule has 0 N–H and O–H groups in total. The van der Waals surface area contributed by atoms with Crippen molar-refractivity contribution in [3.05, 3.63) is 11.8 Å². The van der Waals surface area contributed by atoms with Crippen LogP contribution in [-0.4, -0.2) is 58.3 Å². The van der Waals surface area contributed by atoms with Crippen molar-refractivity contribution in [3.8, 4) is 5.88 Å². The van der Waals surface area contributed by atoms with Gasteiger partial charge in [-0.1, -0.05) is 15.9 Å². The highest BCUT2D eigenvalue weighted by Crippen LogP contribution is 2.18. The van der Waals surface area contributed by atoms with Crippen molar-refractivity contribution in [2.45, 2.75) is 19.1 Å². The fourth-order valence-corrected chi connectivity index (χ4v) is 2.48. The Labute approximate surface area is 120 Å². The van der Waals surface area contributed by atoms with Crippen molar-refractivity contribution in [2.75, 3.05) is 25.6 Å². The molecule has 1 aromatic heterocycles. The van der Waals surface area contributed by atoms with Crippen LogP contribution in [-0.2, 0) is 11.8 Å². The molecule has 2 rings (SSSR count). The Morgan fingerprint density at radius 2 is 2.42 bits per heavy atom. The summed E-state index contributed by atoms with van der Waals surface area (Å²) in [7, 11) is 3.31. The Kier molecular flexibility index (Phi) is 4.46. The largest absolute Gasteiger partial charge is 0.481 e. The first-order chi connectivity index (χ1) is 9.06. The molecule has 0 aromatic carbocycles. The highest BCUT2D eigenvalue weighted by Gasteiger charge is 2.31. The molecule has 0 aliphatic carbocycles. The topological polar surface area (TPSA) is 56.6 Å². The van der Waals surface area contributed by atoms with E-state index in [9.17, 15) is 4.79 Å². The van der Waals surface area contributed by atoms with E-state index < -0.39 is 0 Å². The highest BCUT2D eigenvalue weighted by molar-refractivity contribution is 9.09. The Hall–Kier alpha value is -1.08. The van der Waals surface area contributed by atoms with Crippen molar-refractivity contribution in [1.82, 2.24) is 14.7 Å². The van der Waals surface area contributed by atoms with Gasteiger partial charge in [0.05, 0.1) is 25.9 Å². The number of hydrogen-bond donors (Lipinski definition) is 0. The van der Waals surface area contributed by atoms with Gasteiger partial charge in [-0.3, -0.25) is 4.79 Å². The van der Waals surface area contributed by atoms with Crippen LogP contribution in [0.5, 0.6) is 5.88 Å². The van der Waals surface area contributed by atoms with E-state index in [-0.39, 0.29) is 18.1 Å². The number of aromatic nitrogens is 2. The number of hydrogen-bond acceptors (Lipinski definition) is 4. The maximum atomic E-state index is 12.5. The molecule has 0 radical (unpaired) electrons. The van der Waals surface area contributed by atoms with E-state index in [1.165, 1.54) is 0 Å². The summed E-state index contributed by atoms with van der Waals surface area (Å²) in [5.74, 6) is 0.488. The molecule has 1 amide bonds. The number of amides is 1. The molecule has 2 heterocycles. The van der Waals surface area contributed by atoms with Crippen molar-refractivity contribution < 1.29 is 14.3 Å². The SMILES string of the molecule is COc1cc(C(=O)N2CC(CBr)OCC2C)nn1C. The molecule has 0 bridgehead atoms. The molecule has 19 heavy (non-hydrogen) atoms. The van der Waals surface area contributed by atoms with Gasteiger partial charge < -0.3 is 14.4 Å². The third-order valence-corrected chi connectivity index (χ3v) is 3.93. The van der Waals surface area contributed by atoms with Gasteiger partial charge in [0.25, 0.3) is 5.91 Å². The van der Waals surface area contributed by atoms with Gasteiger partial charge in [0, 0.05) is 25.0 Å². The quantitative estimate of drug-likeness (QED) is 0.777. The molecule has 1 saturated heterocycles. The highest BCUT2D eigenvalue weighted by atomic mass is 79.9. The number of nitrogens with zero attached hydrogens (tertiary/aromatic N) is 3. The second kappa shape index (κ2) is 5.92. The molecule has 106 valence electrons. The minimum absolute atomic E-state index is 0.0331. The number of ether oxygens (including phenoxy) is 2. The fourth-order valence-electron chi connectivity index (χ4n) is 2.09. The van der Waals surface area contributed by atoms with Crippen LogP contribution in [0.15, 0.2) is 6.07 Å². The summed E-state index contributed by atoms with van der Waals surface area (Å²) in [5.41, 5.74) is 0.404. The fraction of sp³-hybridized carbons (Fsp3) is 0.667. The minimum Gasteiger partial charge on any atom is -0.481 e. The van der Waals surface area contributed by atoms with Crippen molar-refractivity contribution in [1.29, 1.82) is 0 Å². The smallest absolute Gasteiger partial charge is 0.274 e. The predicted octanol–water partition coefficient (Wildman–Crippen LogP) is 1.05. The van der Waals surface area contributed by atoms with Gasteiger partial charge in [0.2, 0.25) is 5.88 Å². The lowest BCUT2D eigenvalue weighted by atomic mass is 10.2. The van der Waals surface area contributed by atoms with Crippen molar-refractivity contribution in [3.63, 3.8) is 0 Å². The van der Waals surface area contributed by atoms with Gasteiger partial charge in [-0.25, -0.2) is 4.68 Å². The average Bonchev–Trinajstić information content (AvgIpc) is 2.80. The second-order valence-corrected chi connectivity index (χ2v) is 5.26. The number of aryl methyl sites for hydroxylation is 1. The second-order valence-electron chi connectivity index (χ2n) is 4.61. The normalized spacial score (nSPS) is 23.5. The molecule has 6 nitrogen and oxygen atoms in total. The summed E-state index contributed by atoms with van der Waals surface area (Å²) in [6.45, 7) is 3.10. The van der Waals surface area contributed by atoms with Crippen LogP contribution < -0.4 is 4.74 Å². The number of halogens is 1. The standard InChI is InChI=1S/C12H18BrN3O3/c1-8-7-19-9(5-13)6-16(8)12(17)10-4-11(18-3)15(2)14-10/h4,8-9H,5-7H2,1-3H3. The summed E-state index contributed by atoms with van der Waals surface area (Å²) >= 11 is 3.39. The van der Waals surface area contributed by atoms with Gasteiger partial charge >= 0.3 is 0 Å². The third-order valence-electron chi connectivity index (χ3n) is 3.20. The molecule has 7 heteroatoms. The van der Waals surface area contributed by atoms with Crippen LogP contribution in [0.1, 0.15) is 17.4 Å². The van der Waals surface area contributed by atoms with E-state index in [1.807, 2.05) is 6.92 Å². The van der Waals surface area contributed by atoms with Crippen molar-refractivity contribution >= 4 is 21.8 Å². The van der Waals surface area contributed by atoms with Crippen molar-refractivity contribution in [2.24, 2.45) is 7.05 Å². The summed E-state index contributed by atoms with van der Waals surface area (Å²) in [6, 6.07) is 1.71. The maximum Gasteiger partial charge on any atom is 0.274 e. The molecular formula is C12H18BrN3O3. The lowest BCUT2D eigenvalue weighted by Crippen LogP contribution is -2.51. The number of carbonyl (C=O) groups is 1.